The van der Waals surface area contributed by atoms with E-state index >= 15 is 0 Å². The number of allylic oxidation sites excluding steroid dienone is 3. The maximum absolute atomic E-state index is 13.2. The highest BCUT2D eigenvalue weighted by molar-refractivity contribution is 5.97. The molecule has 1 aromatic heterocycles. The van der Waals surface area contributed by atoms with Crippen molar-refractivity contribution >= 4 is 22.9 Å². The largest absolute Gasteiger partial charge is 0.361 e. The predicted molar refractivity (Wildman–Crippen MR) is 104 cm³/mol. The van der Waals surface area contributed by atoms with Crippen LogP contribution in [0.2, 0.25) is 0 Å². The normalized spacial score (nSPS) is 18.2. The van der Waals surface area contributed by atoms with Crippen LogP contribution in [-0.4, -0.2) is 15.8 Å². The van der Waals surface area contributed by atoms with Gasteiger partial charge < -0.3 is 9.88 Å². The van der Waals surface area contributed by atoms with Gasteiger partial charge in [0.2, 0.25) is 0 Å². The summed E-state index contributed by atoms with van der Waals surface area (Å²) >= 11 is 0. The van der Waals surface area contributed by atoms with Gasteiger partial charge in [0, 0.05) is 34.4 Å². The molecule has 0 radical (unpaired) electrons. The number of rotatable bonds is 2. The minimum atomic E-state index is -0.138. The molecule has 5 rings (SSSR count). The van der Waals surface area contributed by atoms with Crippen molar-refractivity contribution in [3.63, 3.8) is 0 Å². The van der Waals surface area contributed by atoms with E-state index in [-0.39, 0.29) is 11.9 Å². The van der Waals surface area contributed by atoms with Crippen LogP contribution in [0.3, 0.4) is 0 Å². The Bertz CT molecular complexity index is 1100. The third-order valence-electron chi connectivity index (χ3n) is 5.18. The van der Waals surface area contributed by atoms with Gasteiger partial charge in [-0.15, -0.1) is 0 Å². The van der Waals surface area contributed by atoms with E-state index in [1.165, 1.54) is 0 Å². The Morgan fingerprint density at radius 3 is 2.77 bits per heavy atom. The van der Waals surface area contributed by atoms with Gasteiger partial charge in [-0.25, -0.2) is 0 Å². The van der Waals surface area contributed by atoms with Gasteiger partial charge >= 0.3 is 0 Å². The molecule has 1 atom stereocenters. The van der Waals surface area contributed by atoms with Gasteiger partial charge in [0.15, 0.2) is 0 Å². The van der Waals surface area contributed by atoms with Crippen molar-refractivity contribution in [2.24, 2.45) is 0 Å². The molecule has 0 saturated carbocycles. The van der Waals surface area contributed by atoms with Crippen LogP contribution in [0.5, 0.6) is 0 Å². The molecule has 2 heterocycles. The monoisotopic (exact) mass is 338 g/mol. The Morgan fingerprint density at radius 2 is 1.88 bits per heavy atom. The first-order valence-corrected chi connectivity index (χ1v) is 8.84. The number of nitrogens with one attached hydrogen (secondary N) is 1. The lowest BCUT2D eigenvalue weighted by atomic mass is 9.90. The lowest BCUT2D eigenvalue weighted by molar-refractivity contribution is -0.126. The predicted octanol–water partition coefficient (Wildman–Crippen LogP) is 4.96. The van der Waals surface area contributed by atoms with E-state index in [1.807, 2.05) is 65.9 Å². The second-order valence-corrected chi connectivity index (χ2v) is 6.67. The first-order valence-electron chi connectivity index (χ1n) is 8.84. The average Bonchev–Trinajstić information content (AvgIpc) is 3.36. The summed E-state index contributed by atoms with van der Waals surface area (Å²) in [6.07, 6.45) is 12.6. The summed E-state index contributed by atoms with van der Waals surface area (Å²) < 4.78 is 0. The van der Waals surface area contributed by atoms with E-state index in [0.29, 0.717) is 6.42 Å². The molecule has 0 bridgehead atoms. The standard InChI is InChI=1S/C23H18N2O/c26-23(17-8-1-2-9-17)25-14-13-16-7-3-4-10-18(16)22(25)20-15-24-21-12-6-5-11-19(20)21/h1-8,10-15,22,24H,9H2. The summed E-state index contributed by atoms with van der Waals surface area (Å²) in [6, 6.07) is 16.4. The average molecular weight is 338 g/mol. The van der Waals surface area contributed by atoms with E-state index in [1.54, 1.807) is 0 Å². The number of nitrogens with zero attached hydrogens (tertiary/aromatic N) is 1. The summed E-state index contributed by atoms with van der Waals surface area (Å²) in [5.41, 5.74) is 5.35. The molecule has 1 amide bonds. The van der Waals surface area contributed by atoms with Gasteiger partial charge in [-0.2, -0.15) is 0 Å². The molecule has 0 spiro atoms. The molecule has 26 heavy (non-hydrogen) atoms. The van der Waals surface area contributed by atoms with Crippen molar-refractivity contribution in [3.8, 4) is 0 Å². The van der Waals surface area contributed by atoms with E-state index in [0.717, 1.165) is 33.2 Å². The zero-order valence-corrected chi connectivity index (χ0v) is 14.2. The number of hydrogen-bond donors (Lipinski definition) is 1. The maximum atomic E-state index is 13.2. The second kappa shape index (κ2) is 5.88. The lowest BCUT2D eigenvalue weighted by Gasteiger charge is -2.33. The highest BCUT2D eigenvalue weighted by atomic mass is 16.2. The zero-order chi connectivity index (χ0) is 17.5. The second-order valence-electron chi connectivity index (χ2n) is 6.67. The van der Waals surface area contributed by atoms with Crippen molar-refractivity contribution in [3.05, 3.63) is 101 Å². The van der Waals surface area contributed by atoms with Crippen LogP contribution < -0.4 is 0 Å². The van der Waals surface area contributed by atoms with E-state index in [4.69, 9.17) is 0 Å². The summed E-state index contributed by atoms with van der Waals surface area (Å²) in [5, 5.41) is 1.15. The van der Waals surface area contributed by atoms with Gasteiger partial charge in [0.05, 0.1) is 6.04 Å². The number of para-hydroxylation sites is 1. The number of amides is 1. The molecule has 3 heteroatoms. The summed E-state index contributed by atoms with van der Waals surface area (Å²) in [4.78, 5) is 18.4. The SMILES string of the molecule is O=C(C1=CC=CC1)N1C=Cc2ccccc2C1c1c[nH]c2ccccc12. The third kappa shape index (κ3) is 2.25. The molecule has 3 aromatic rings. The third-order valence-corrected chi connectivity index (χ3v) is 5.18. The molecule has 126 valence electrons. The van der Waals surface area contributed by atoms with Gasteiger partial charge in [-0.05, 0) is 29.7 Å². The van der Waals surface area contributed by atoms with Crippen molar-refractivity contribution in [1.29, 1.82) is 0 Å². The van der Waals surface area contributed by atoms with Crippen LogP contribution in [0, 0.1) is 0 Å². The van der Waals surface area contributed by atoms with Crippen LogP contribution in [0.1, 0.15) is 29.2 Å². The van der Waals surface area contributed by atoms with Crippen molar-refractivity contribution < 1.29 is 4.79 Å². The number of H-pyrrole nitrogens is 1. The molecular formula is C23H18N2O. The molecule has 0 fully saturated rings. The number of carbonyl (C=O) groups is 1. The van der Waals surface area contributed by atoms with Gasteiger partial charge in [0.25, 0.3) is 5.91 Å². The number of aromatic amines is 1. The molecule has 1 N–H and O–H groups in total. The van der Waals surface area contributed by atoms with Crippen LogP contribution in [0.4, 0.5) is 0 Å². The summed E-state index contributed by atoms with van der Waals surface area (Å²) in [6.45, 7) is 0. The fourth-order valence-electron chi connectivity index (χ4n) is 3.90. The molecule has 0 saturated heterocycles. The Kier molecular flexibility index (Phi) is 3.39. The zero-order valence-electron chi connectivity index (χ0n) is 14.2. The van der Waals surface area contributed by atoms with Gasteiger partial charge in [-0.1, -0.05) is 60.7 Å². The fraction of sp³-hybridized carbons (Fsp3) is 0.0870. The molecular weight excluding hydrogens is 320 g/mol. The molecule has 2 aromatic carbocycles. The topological polar surface area (TPSA) is 36.1 Å². The van der Waals surface area contributed by atoms with E-state index in [2.05, 4.69) is 29.2 Å². The number of fused-ring (bicyclic) bond motifs is 2. The van der Waals surface area contributed by atoms with Gasteiger partial charge in [0.1, 0.15) is 0 Å². The Labute approximate surface area is 152 Å². The molecule has 1 aliphatic carbocycles. The fourth-order valence-corrected chi connectivity index (χ4v) is 3.90. The minimum absolute atomic E-state index is 0.0658. The molecule has 1 aliphatic heterocycles. The van der Waals surface area contributed by atoms with Crippen molar-refractivity contribution in [2.45, 2.75) is 12.5 Å². The number of hydrogen-bond acceptors (Lipinski definition) is 1. The molecule has 1 unspecified atom stereocenters. The van der Waals surface area contributed by atoms with Crippen LogP contribution >= 0.6 is 0 Å². The van der Waals surface area contributed by atoms with E-state index in [9.17, 15) is 4.79 Å². The minimum Gasteiger partial charge on any atom is -0.361 e. The van der Waals surface area contributed by atoms with Crippen molar-refractivity contribution in [2.75, 3.05) is 0 Å². The molecule has 3 nitrogen and oxygen atoms in total. The Balaban J connectivity index is 1.69. The van der Waals surface area contributed by atoms with Gasteiger partial charge in [-0.3, -0.25) is 4.79 Å². The van der Waals surface area contributed by atoms with Crippen LogP contribution in [-0.2, 0) is 4.79 Å². The lowest BCUT2D eigenvalue weighted by Crippen LogP contribution is -2.33. The number of aromatic nitrogens is 1. The molecule has 2 aliphatic rings. The Hall–Kier alpha value is -3.33. The summed E-state index contributed by atoms with van der Waals surface area (Å²) in [5.74, 6) is 0.0658. The van der Waals surface area contributed by atoms with E-state index < -0.39 is 0 Å². The quantitative estimate of drug-likeness (QED) is 0.704. The number of benzene rings is 2. The first-order chi connectivity index (χ1) is 12.8. The van der Waals surface area contributed by atoms with Crippen LogP contribution in [0.25, 0.3) is 17.0 Å². The Morgan fingerprint density at radius 1 is 1.04 bits per heavy atom. The highest BCUT2D eigenvalue weighted by Gasteiger charge is 2.32. The van der Waals surface area contributed by atoms with Crippen molar-refractivity contribution in [1.82, 2.24) is 9.88 Å². The van der Waals surface area contributed by atoms with Crippen LogP contribution in [0.15, 0.2) is 84.7 Å². The summed E-state index contributed by atoms with van der Waals surface area (Å²) in [7, 11) is 0. The smallest absolute Gasteiger partial charge is 0.254 e. The number of carbonyl (C=O) groups excluding carboxylic acids is 1. The first kappa shape index (κ1) is 15.0. The maximum Gasteiger partial charge on any atom is 0.254 e. The highest BCUT2D eigenvalue weighted by Crippen LogP contribution is 2.39.